The molecule has 9 nitrogen and oxygen atoms in total. The minimum atomic E-state index is -5.89. The molecule has 0 aliphatic heterocycles. The zero-order chi connectivity index (χ0) is 31.3. The molecule has 0 saturated heterocycles. The molecule has 0 heterocycles. The van der Waals surface area contributed by atoms with Gasteiger partial charge in [0.25, 0.3) is 0 Å². The van der Waals surface area contributed by atoms with Crippen LogP contribution in [0.1, 0.15) is 91.4 Å². The number of alkyl halides is 3. The van der Waals surface area contributed by atoms with Crippen LogP contribution >= 0.6 is 0 Å². The van der Waals surface area contributed by atoms with E-state index < -0.39 is 51.4 Å². The minimum absolute atomic E-state index is 0.00973. The van der Waals surface area contributed by atoms with Gasteiger partial charge in [-0.15, -0.1) is 0 Å². The number of carbonyl (C=O) groups excluding carboxylic acids is 1. The largest absolute Gasteiger partial charge is 0.861 e. The second-order valence-corrected chi connectivity index (χ2v) is 15.4. The number of hydrogen-bond acceptors (Lipinski definition) is 8. The Kier molecular flexibility index (Phi) is 9.68. The molecule has 0 amide bonds. The van der Waals surface area contributed by atoms with Gasteiger partial charge in [-0.1, -0.05) is 20.8 Å². The van der Waals surface area contributed by atoms with E-state index in [0.29, 0.717) is 25.7 Å². The number of nitrogens with zero attached hydrogens (tertiary/aromatic N) is 1. The molecule has 3 N–H and O–H groups in total. The van der Waals surface area contributed by atoms with Gasteiger partial charge in [0, 0.05) is 6.42 Å². The number of rotatable bonds is 9. The Bertz CT molecular complexity index is 1130. The fourth-order valence-electron chi connectivity index (χ4n) is 9.39. The van der Waals surface area contributed by atoms with E-state index in [1.54, 1.807) is 0 Å². The second kappa shape index (κ2) is 12.2. The first-order valence-electron chi connectivity index (χ1n) is 15.2. The van der Waals surface area contributed by atoms with Crippen LogP contribution in [-0.2, 0) is 19.6 Å². The van der Waals surface area contributed by atoms with Crippen molar-refractivity contribution in [1.29, 1.82) is 0 Å². The fourth-order valence-corrected chi connectivity index (χ4v) is 9.85. The first kappa shape index (κ1) is 33.5. The highest BCUT2D eigenvalue weighted by Gasteiger charge is 2.65. The van der Waals surface area contributed by atoms with Crippen molar-refractivity contribution in [1.82, 2.24) is 0 Å². The Morgan fingerprint density at radius 2 is 1.76 bits per heavy atom. The SMILES string of the molecule is C[C@H](CCC(=O)OCCC/C([O-])=N/S(=O)(=O)C(F)(F)F)[C@H]1CC[C@H]2[C@@H]3C(O)C[C@@H]4CC(O)CC[C@]4(C)[C@H]3CC(O)[C@]12C. The molecule has 13 heteroatoms. The van der Waals surface area contributed by atoms with E-state index in [-0.39, 0.29) is 66.5 Å². The number of hydrogen-bond donors (Lipinski definition) is 3. The summed E-state index contributed by atoms with van der Waals surface area (Å²) in [6.07, 6.45) is 3.96. The number of carbonyl (C=O) groups is 1. The maximum absolute atomic E-state index is 12.3. The normalized spacial score (nSPS) is 41.4. The lowest BCUT2D eigenvalue weighted by Crippen LogP contribution is -2.62. The third-order valence-corrected chi connectivity index (χ3v) is 12.7. The first-order chi connectivity index (χ1) is 19.4. The summed E-state index contributed by atoms with van der Waals surface area (Å²) in [6.45, 7) is 6.24. The Labute approximate surface area is 246 Å². The molecule has 0 aromatic heterocycles. The lowest BCUT2D eigenvalue weighted by Gasteiger charge is -2.63. The van der Waals surface area contributed by atoms with Crippen LogP contribution in [0.5, 0.6) is 0 Å². The van der Waals surface area contributed by atoms with E-state index in [2.05, 4.69) is 25.2 Å². The van der Waals surface area contributed by atoms with E-state index in [4.69, 9.17) is 4.74 Å². The predicted molar refractivity (Wildman–Crippen MR) is 145 cm³/mol. The summed E-state index contributed by atoms with van der Waals surface area (Å²) in [4.78, 5) is 12.3. The molecule has 0 bridgehead atoms. The number of sulfonamides is 1. The van der Waals surface area contributed by atoms with Gasteiger partial charge in [0.05, 0.1) is 24.9 Å². The molecule has 4 fully saturated rings. The van der Waals surface area contributed by atoms with Crippen LogP contribution in [0.3, 0.4) is 0 Å². The number of ether oxygens (including phenoxy) is 1. The summed E-state index contributed by atoms with van der Waals surface area (Å²) in [7, 11) is -5.89. The molecule has 0 aromatic carbocycles. The maximum Gasteiger partial charge on any atom is 0.518 e. The molecule has 11 atom stereocenters. The van der Waals surface area contributed by atoms with Gasteiger partial charge in [-0.05, 0) is 116 Å². The average Bonchev–Trinajstić information content (AvgIpc) is 3.24. The summed E-state index contributed by atoms with van der Waals surface area (Å²) >= 11 is 0. The van der Waals surface area contributed by atoms with Crippen LogP contribution in [0.4, 0.5) is 13.2 Å². The lowest BCUT2D eigenvalue weighted by molar-refractivity contribution is -0.218. The van der Waals surface area contributed by atoms with Gasteiger partial charge in [-0.3, -0.25) is 4.79 Å². The van der Waals surface area contributed by atoms with Crippen molar-refractivity contribution in [3.63, 3.8) is 0 Å². The quantitative estimate of drug-likeness (QED) is 0.153. The van der Waals surface area contributed by atoms with Gasteiger partial charge >= 0.3 is 21.5 Å². The topological polar surface area (TPSA) is 157 Å². The number of aliphatic hydroxyl groups excluding tert-OH is 3. The van der Waals surface area contributed by atoms with Crippen LogP contribution in [0.2, 0.25) is 0 Å². The van der Waals surface area contributed by atoms with Crippen molar-refractivity contribution < 1.29 is 51.5 Å². The molecule has 242 valence electrons. The fraction of sp³-hybridized carbons (Fsp3) is 0.931. The smallest absolute Gasteiger partial charge is 0.518 e. The van der Waals surface area contributed by atoms with Crippen LogP contribution in [0.25, 0.3) is 0 Å². The Morgan fingerprint density at radius 1 is 1.07 bits per heavy atom. The van der Waals surface area contributed by atoms with E-state index in [0.717, 1.165) is 25.7 Å². The van der Waals surface area contributed by atoms with E-state index in [1.807, 2.05) is 0 Å². The summed E-state index contributed by atoms with van der Waals surface area (Å²) in [5, 5.41) is 44.8. The molecule has 0 radical (unpaired) electrons. The molecule has 4 rings (SSSR count). The molecule has 4 aliphatic rings. The average molecular weight is 625 g/mol. The van der Waals surface area contributed by atoms with Crippen LogP contribution in [0, 0.1) is 46.3 Å². The van der Waals surface area contributed by atoms with Crippen molar-refractivity contribution in [2.45, 2.75) is 115 Å². The van der Waals surface area contributed by atoms with Crippen LogP contribution in [-0.4, -0.2) is 66.0 Å². The maximum atomic E-state index is 12.3. The van der Waals surface area contributed by atoms with Crippen molar-refractivity contribution in [3.05, 3.63) is 0 Å². The number of fused-ring (bicyclic) bond motifs is 5. The highest BCUT2D eigenvalue weighted by atomic mass is 32.2. The predicted octanol–water partition coefficient (Wildman–Crippen LogP) is 3.30. The number of esters is 1. The zero-order valence-corrected chi connectivity index (χ0v) is 25.4. The highest BCUT2D eigenvalue weighted by molar-refractivity contribution is 7.91. The van der Waals surface area contributed by atoms with Crippen molar-refractivity contribution in [3.8, 4) is 0 Å². The van der Waals surface area contributed by atoms with Crippen LogP contribution in [0.15, 0.2) is 4.40 Å². The van der Waals surface area contributed by atoms with Crippen molar-refractivity contribution in [2.75, 3.05) is 6.61 Å². The van der Waals surface area contributed by atoms with Gasteiger partial charge < -0.3 is 25.2 Å². The second-order valence-electron chi connectivity index (χ2n) is 13.8. The third-order valence-electron chi connectivity index (χ3n) is 11.6. The zero-order valence-electron chi connectivity index (χ0n) is 24.6. The van der Waals surface area contributed by atoms with Gasteiger partial charge in [0.15, 0.2) is 0 Å². The standard InChI is InChI=1S/C29H46F3NO8S/c1-16(6-9-25(38)41-12-4-5-24(37)33-42(39,40)29(30,31)32)19-7-8-20-26-21(15-23(36)28(19,20)3)27(2)11-10-18(34)13-17(27)14-22(26)35/h16-23,26,34-36H,4-15H2,1-3H3,(H,33,37)/p-1/t16-,17+,18?,19-,20+,21+,22?,23?,26+,27+,28-/m1/s1. The van der Waals surface area contributed by atoms with Gasteiger partial charge in [-0.2, -0.15) is 26.0 Å². The molecule has 42 heavy (non-hydrogen) atoms. The van der Waals surface area contributed by atoms with Crippen molar-refractivity contribution in [2.24, 2.45) is 50.7 Å². The summed E-state index contributed by atoms with van der Waals surface area (Å²) in [5.41, 5.74) is -6.05. The summed E-state index contributed by atoms with van der Waals surface area (Å²) in [6, 6.07) is 0. The van der Waals surface area contributed by atoms with Gasteiger partial charge in [0.2, 0.25) is 0 Å². The molecular weight excluding hydrogens is 579 g/mol. The highest BCUT2D eigenvalue weighted by Crippen LogP contribution is 2.68. The monoisotopic (exact) mass is 624 g/mol. The van der Waals surface area contributed by atoms with Crippen molar-refractivity contribution >= 4 is 21.9 Å². The van der Waals surface area contributed by atoms with E-state index >= 15 is 0 Å². The Balaban J connectivity index is 1.30. The molecule has 0 spiro atoms. The minimum Gasteiger partial charge on any atom is -0.861 e. The number of halogens is 3. The Hall–Kier alpha value is -1.44. The molecular formula is C29H45F3NO8S-. The van der Waals surface area contributed by atoms with Crippen LogP contribution < -0.4 is 5.11 Å². The lowest BCUT2D eigenvalue weighted by atomic mass is 9.43. The molecule has 4 saturated carbocycles. The van der Waals surface area contributed by atoms with E-state index in [1.165, 1.54) is 0 Å². The Morgan fingerprint density at radius 3 is 2.43 bits per heavy atom. The van der Waals surface area contributed by atoms with Gasteiger partial charge in [0.1, 0.15) is 0 Å². The molecule has 0 aromatic rings. The first-order valence-corrected chi connectivity index (χ1v) is 16.6. The molecule has 4 aliphatic carbocycles. The summed E-state index contributed by atoms with van der Waals surface area (Å²) < 4.78 is 66.2. The number of aliphatic hydroxyl groups is 3. The van der Waals surface area contributed by atoms with Gasteiger partial charge in [-0.25, -0.2) is 0 Å². The molecule has 3 unspecified atom stereocenters. The van der Waals surface area contributed by atoms with E-state index in [9.17, 15) is 46.8 Å². The summed E-state index contributed by atoms with van der Waals surface area (Å²) in [5.74, 6) is -1.05. The third kappa shape index (κ3) is 6.21.